The van der Waals surface area contributed by atoms with E-state index in [9.17, 15) is 9.90 Å². The minimum atomic E-state index is -0.331. The van der Waals surface area contributed by atoms with Crippen molar-refractivity contribution in [2.24, 2.45) is 5.92 Å². The lowest BCUT2D eigenvalue weighted by Gasteiger charge is -2.34. The maximum absolute atomic E-state index is 12.5. The van der Waals surface area contributed by atoms with Crippen LogP contribution in [0.3, 0.4) is 0 Å². The summed E-state index contributed by atoms with van der Waals surface area (Å²) in [7, 11) is 0. The van der Waals surface area contributed by atoms with Gasteiger partial charge in [0.2, 0.25) is 0 Å². The molecule has 0 aromatic carbocycles. The Kier molecular flexibility index (Phi) is 5.32. The fraction of sp³-hybridized carbons (Fsp3) is 0.500. The SMILES string of the molecule is CC1CN(C(=O)c2cncc(C#CCCO)c2)CCC1O. The molecule has 1 aromatic heterocycles. The van der Waals surface area contributed by atoms with Crippen LogP contribution in [0.25, 0.3) is 0 Å². The van der Waals surface area contributed by atoms with E-state index in [1.54, 1.807) is 17.2 Å². The molecular formula is C16H20N2O3. The van der Waals surface area contributed by atoms with Gasteiger partial charge in [0.15, 0.2) is 0 Å². The summed E-state index contributed by atoms with van der Waals surface area (Å²) in [6.07, 6.45) is 3.82. The summed E-state index contributed by atoms with van der Waals surface area (Å²) >= 11 is 0. The number of aromatic nitrogens is 1. The van der Waals surface area contributed by atoms with Crippen LogP contribution >= 0.6 is 0 Å². The number of amides is 1. The highest BCUT2D eigenvalue weighted by molar-refractivity contribution is 5.94. The lowest BCUT2D eigenvalue weighted by molar-refractivity contribution is 0.0297. The number of aliphatic hydroxyl groups is 2. The van der Waals surface area contributed by atoms with Gasteiger partial charge in [0, 0.05) is 37.5 Å². The van der Waals surface area contributed by atoms with Crippen molar-refractivity contribution in [1.82, 2.24) is 9.88 Å². The van der Waals surface area contributed by atoms with E-state index in [1.165, 1.54) is 6.20 Å². The predicted octanol–water partition coefficient (Wildman–Crippen LogP) is 0.658. The van der Waals surface area contributed by atoms with Gasteiger partial charge in [-0.05, 0) is 18.4 Å². The number of piperidine rings is 1. The van der Waals surface area contributed by atoms with Crippen molar-refractivity contribution in [3.8, 4) is 11.8 Å². The second-order valence-corrected chi connectivity index (χ2v) is 5.32. The van der Waals surface area contributed by atoms with E-state index >= 15 is 0 Å². The molecule has 0 aliphatic carbocycles. The van der Waals surface area contributed by atoms with E-state index in [0.717, 1.165) is 0 Å². The number of likely N-dealkylation sites (tertiary alicyclic amines) is 1. The maximum Gasteiger partial charge on any atom is 0.255 e. The van der Waals surface area contributed by atoms with Gasteiger partial charge in [0.05, 0.1) is 18.3 Å². The topological polar surface area (TPSA) is 73.7 Å². The Hall–Kier alpha value is -1.90. The van der Waals surface area contributed by atoms with Gasteiger partial charge in [-0.25, -0.2) is 0 Å². The fourth-order valence-corrected chi connectivity index (χ4v) is 2.35. The van der Waals surface area contributed by atoms with Gasteiger partial charge in [0.25, 0.3) is 5.91 Å². The molecule has 0 radical (unpaired) electrons. The van der Waals surface area contributed by atoms with Gasteiger partial charge in [-0.2, -0.15) is 0 Å². The number of hydrogen-bond acceptors (Lipinski definition) is 4. The zero-order valence-electron chi connectivity index (χ0n) is 12.1. The van der Waals surface area contributed by atoms with Crippen LogP contribution in [0.2, 0.25) is 0 Å². The van der Waals surface area contributed by atoms with E-state index in [2.05, 4.69) is 16.8 Å². The van der Waals surface area contributed by atoms with E-state index < -0.39 is 0 Å². The lowest BCUT2D eigenvalue weighted by atomic mass is 9.96. The van der Waals surface area contributed by atoms with Crippen LogP contribution in [0.5, 0.6) is 0 Å². The second-order valence-electron chi connectivity index (χ2n) is 5.32. The Bertz CT molecular complexity index is 562. The number of nitrogens with zero attached hydrogens (tertiary/aromatic N) is 2. The molecule has 2 N–H and O–H groups in total. The molecule has 5 nitrogen and oxygen atoms in total. The summed E-state index contributed by atoms with van der Waals surface area (Å²) in [6, 6.07) is 1.72. The highest BCUT2D eigenvalue weighted by atomic mass is 16.3. The highest BCUT2D eigenvalue weighted by Gasteiger charge is 2.27. The molecule has 1 aliphatic heterocycles. The van der Waals surface area contributed by atoms with Gasteiger partial charge in [-0.15, -0.1) is 0 Å². The lowest BCUT2D eigenvalue weighted by Crippen LogP contribution is -2.45. The van der Waals surface area contributed by atoms with E-state index in [-0.39, 0.29) is 24.5 Å². The third-order valence-electron chi connectivity index (χ3n) is 3.60. The minimum Gasteiger partial charge on any atom is -0.395 e. The summed E-state index contributed by atoms with van der Waals surface area (Å²) in [5.74, 6) is 5.70. The zero-order valence-corrected chi connectivity index (χ0v) is 12.1. The van der Waals surface area contributed by atoms with Crippen LogP contribution < -0.4 is 0 Å². The Labute approximate surface area is 124 Å². The summed E-state index contributed by atoms with van der Waals surface area (Å²) in [5.41, 5.74) is 1.17. The number of aliphatic hydroxyl groups excluding tert-OH is 2. The van der Waals surface area contributed by atoms with Gasteiger partial charge in [-0.3, -0.25) is 9.78 Å². The first-order valence-corrected chi connectivity index (χ1v) is 7.14. The van der Waals surface area contributed by atoms with Crippen LogP contribution in [0, 0.1) is 17.8 Å². The summed E-state index contributed by atoms with van der Waals surface area (Å²) in [4.78, 5) is 18.3. The molecule has 112 valence electrons. The van der Waals surface area contributed by atoms with Crippen molar-refractivity contribution in [3.05, 3.63) is 29.6 Å². The first-order valence-electron chi connectivity index (χ1n) is 7.14. The van der Waals surface area contributed by atoms with Crippen LogP contribution in [-0.2, 0) is 0 Å². The molecule has 1 saturated heterocycles. The van der Waals surface area contributed by atoms with Gasteiger partial charge in [0.1, 0.15) is 0 Å². The average Bonchev–Trinajstić information content (AvgIpc) is 2.50. The smallest absolute Gasteiger partial charge is 0.255 e. The highest BCUT2D eigenvalue weighted by Crippen LogP contribution is 2.18. The second kappa shape index (κ2) is 7.21. The Morgan fingerprint density at radius 1 is 1.52 bits per heavy atom. The molecule has 21 heavy (non-hydrogen) atoms. The molecule has 0 bridgehead atoms. The van der Waals surface area contributed by atoms with Crippen molar-refractivity contribution >= 4 is 5.91 Å². The fourth-order valence-electron chi connectivity index (χ4n) is 2.35. The minimum absolute atomic E-state index is 0.0209. The molecule has 2 heterocycles. The first kappa shape index (κ1) is 15.5. The summed E-state index contributed by atoms with van der Waals surface area (Å²) in [5, 5.41) is 18.4. The summed E-state index contributed by atoms with van der Waals surface area (Å²) < 4.78 is 0. The monoisotopic (exact) mass is 288 g/mol. The Balaban J connectivity index is 2.09. The molecule has 5 heteroatoms. The Morgan fingerprint density at radius 3 is 3.05 bits per heavy atom. The third-order valence-corrected chi connectivity index (χ3v) is 3.60. The van der Waals surface area contributed by atoms with Crippen LogP contribution in [0.15, 0.2) is 18.5 Å². The molecular weight excluding hydrogens is 268 g/mol. The molecule has 1 aliphatic rings. The normalized spacial score (nSPS) is 21.6. The van der Waals surface area contributed by atoms with Crippen molar-refractivity contribution in [2.45, 2.75) is 25.9 Å². The number of hydrogen-bond donors (Lipinski definition) is 2. The number of carbonyl (C=O) groups is 1. The van der Waals surface area contributed by atoms with E-state index in [4.69, 9.17) is 5.11 Å². The van der Waals surface area contributed by atoms with Crippen LogP contribution in [-0.4, -0.2) is 51.8 Å². The molecule has 2 unspecified atom stereocenters. The van der Waals surface area contributed by atoms with E-state index in [1.807, 2.05) is 6.92 Å². The summed E-state index contributed by atoms with van der Waals surface area (Å²) in [6.45, 7) is 3.08. The quantitative estimate of drug-likeness (QED) is 0.784. The standard InChI is InChI=1S/C16H20N2O3/c1-12-11-18(6-5-15(12)20)16(21)14-8-13(9-17-10-14)4-2-3-7-19/h8-10,12,15,19-20H,3,5-7,11H2,1H3. The molecule has 1 aromatic rings. The molecule has 1 amide bonds. The van der Waals surface area contributed by atoms with Crippen molar-refractivity contribution < 1.29 is 15.0 Å². The molecule has 0 saturated carbocycles. The largest absolute Gasteiger partial charge is 0.395 e. The maximum atomic E-state index is 12.5. The predicted molar refractivity (Wildman–Crippen MR) is 78.5 cm³/mol. The number of carbonyl (C=O) groups excluding carboxylic acids is 1. The Morgan fingerprint density at radius 2 is 2.33 bits per heavy atom. The van der Waals surface area contributed by atoms with Gasteiger partial charge >= 0.3 is 0 Å². The average molecular weight is 288 g/mol. The van der Waals surface area contributed by atoms with Gasteiger partial charge < -0.3 is 15.1 Å². The van der Waals surface area contributed by atoms with Crippen LogP contribution in [0.1, 0.15) is 35.7 Å². The zero-order chi connectivity index (χ0) is 15.2. The van der Waals surface area contributed by atoms with Crippen molar-refractivity contribution in [2.75, 3.05) is 19.7 Å². The van der Waals surface area contributed by atoms with E-state index in [0.29, 0.717) is 37.1 Å². The van der Waals surface area contributed by atoms with Crippen molar-refractivity contribution in [3.63, 3.8) is 0 Å². The molecule has 2 rings (SSSR count). The van der Waals surface area contributed by atoms with Crippen molar-refractivity contribution in [1.29, 1.82) is 0 Å². The third kappa shape index (κ3) is 4.03. The molecule has 2 atom stereocenters. The first-order chi connectivity index (χ1) is 10.1. The number of pyridine rings is 1. The van der Waals surface area contributed by atoms with Gasteiger partial charge in [-0.1, -0.05) is 18.8 Å². The molecule has 0 spiro atoms. The number of rotatable bonds is 2. The molecule has 1 fully saturated rings. The van der Waals surface area contributed by atoms with Crippen LogP contribution in [0.4, 0.5) is 0 Å².